The van der Waals surface area contributed by atoms with Crippen LogP contribution in [0.25, 0.3) is 22.0 Å². The number of halogens is 3. The molecule has 0 bridgehead atoms. The van der Waals surface area contributed by atoms with Gasteiger partial charge in [-0.2, -0.15) is 13.2 Å². The zero-order chi connectivity index (χ0) is 43.4. The Morgan fingerprint density at radius 1 is 0.803 bits per heavy atom. The highest BCUT2D eigenvalue weighted by molar-refractivity contribution is 5.89. The van der Waals surface area contributed by atoms with E-state index in [1.165, 1.54) is 26.2 Å². The molecule has 3 aliphatic rings. The summed E-state index contributed by atoms with van der Waals surface area (Å²) in [6.07, 6.45) is 0.523. The van der Waals surface area contributed by atoms with E-state index < -0.39 is 54.0 Å². The second kappa shape index (κ2) is 18.3. The molecule has 3 fully saturated rings. The molecule has 0 radical (unpaired) electrons. The van der Waals surface area contributed by atoms with E-state index in [9.17, 15) is 32.3 Å². The van der Waals surface area contributed by atoms with Gasteiger partial charge in [0, 0.05) is 31.3 Å². The van der Waals surface area contributed by atoms with Crippen LogP contribution in [-0.4, -0.2) is 106 Å². The van der Waals surface area contributed by atoms with Crippen LogP contribution in [0.2, 0.25) is 0 Å². The minimum absolute atomic E-state index is 0.00795. The van der Waals surface area contributed by atoms with Crippen molar-refractivity contribution in [1.29, 1.82) is 0 Å². The fraction of sp³-hybridized carbons (Fsp3) is 0.488. The van der Waals surface area contributed by atoms with E-state index in [-0.39, 0.29) is 29.6 Å². The molecule has 2 aliphatic heterocycles. The molecule has 7 rings (SSSR count). The summed E-state index contributed by atoms with van der Waals surface area (Å²) in [5, 5.41) is 6.91. The summed E-state index contributed by atoms with van der Waals surface area (Å²) in [6, 6.07) is 8.16. The summed E-state index contributed by atoms with van der Waals surface area (Å²) in [7, 11) is 3.90. The number of fused-ring (bicyclic) bond motifs is 1. The molecule has 4 aromatic rings. The van der Waals surface area contributed by atoms with E-state index in [4.69, 9.17) is 14.2 Å². The number of nitrogens with one attached hydrogen (secondary N) is 4. The van der Waals surface area contributed by atoms with Crippen molar-refractivity contribution in [3.8, 4) is 23.1 Å². The number of amides is 4. The third kappa shape index (κ3) is 9.31. The van der Waals surface area contributed by atoms with Crippen molar-refractivity contribution in [3.63, 3.8) is 0 Å². The van der Waals surface area contributed by atoms with E-state index in [1.807, 2.05) is 24.3 Å². The number of alkyl carbamates (subject to hydrolysis) is 2. The first-order chi connectivity index (χ1) is 29.3. The highest BCUT2D eigenvalue weighted by Crippen LogP contribution is 2.38. The largest absolute Gasteiger partial charge is 0.453 e. The molecule has 324 valence electrons. The Balaban J connectivity index is 1.08. The summed E-state index contributed by atoms with van der Waals surface area (Å²) in [5.74, 6) is 5.34. The van der Waals surface area contributed by atoms with Gasteiger partial charge in [0.15, 0.2) is 5.69 Å². The predicted octanol–water partition coefficient (Wildman–Crippen LogP) is 6.37. The molecule has 15 nitrogen and oxygen atoms in total. The number of imidazole rings is 2. The highest BCUT2D eigenvalue weighted by atomic mass is 19.4. The first-order valence-corrected chi connectivity index (χ1v) is 20.4. The van der Waals surface area contributed by atoms with Gasteiger partial charge in [0.25, 0.3) is 0 Å². The standard InChI is InChI=1S/C43H49F3N8O7/c1-24(59-2)34(50-41(57)60-3)39(55)53-19-7-11-32(53)37-47-23-31(49-37)29-17-16-27-21-25(13-15-28(27)22-29)14-18-30-36(43(44,45)46)52-38(48-30)33-12-8-20-54(33)40(56)35(51-42(58)61-4)26-9-5-6-10-26/h13,15-17,21-24,26,32-35H,5-12,19-20H2,1-4H3,(H,47,49)(H,48,52)(H,50,57)(H,51,58). The molecule has 2 aromatic carbocycles. The Hall–Kier alpha value is -6.09. The number of carbonyl (C=O) groups is 4. The zero-order valence-electron chi connectivity index (χ0n) is 34.4. The number of rotatable bonds is 10. The number of H-pyrrole nitrogens is 2. The van der Waals surface area contributed by atoms with Gasteiger partial charge < -0.3 is 44.6 Å². The number of aromatic amines is 2. The van der Waals surface area contributed by atoms with Crippen molar-refractivity contribution < 1.29 is 46.6 Å². The highest BCUT2D eigenvalue weighted by Gasteiger charge is 2.43. The molecule has 18 heteroatoms. The lowest BCUT2D eigenvalue weighted by Crippen LogP contribution is -2.54. The van der Waals surface area contributed by atoms with Gasteiger partial charge >= 0.3 is 18.4 Å². The number of nitrogens with zero attached hydrogens (tertiary/aromatic N) is 4. The Morgan fingerprint density at radius 3 is 2.11 bits per heavy atom. The molecule has 61 heavy (non-hydrogen) atoms. The minimum atomic E-state index is -4.81. The number of hydrogen-bond donors (Lipinski definition) is 4. The van der Waals surface area contributed by atoms with Gasteiger partial charge in [0.1, 0.15) is 29.4 Å². The SMILES string of the molecule is COC(=O)NC(C(=O)N1CCCC1c1nc(C(F)(F)F)c(C#Cc2ccc3cc(-c4cnc(C5CCCN5C(=O)C(NC(=O)OC)C(C)OC)[nH]4)ccc3c2)[nH]1)C1CCCC1. The van der Waals surface area contributed by atoms with Gasteiger partial charge in [-0.05, 0) is 86.3 Å². The summed E-state index contributed by atoms with van der Waals surface area (Å²) in [6.45, 7) is 2.49. The van der Waals surface area contributed by atoms with Gasteiger partial charge in [0.2, 0.25) is 11.8 Å². The van der Waals surface area contributed by atoms with Gasteiger partial charge in [0.05, 0.1) is 44.3 Å². The van der Waals surface area contributed by atoms with Crippen LogP contribution < -0.4 is 10.6 Å². The van der Waals surface area contributed by atoms with Crippen LogP contribution in [0.5, 0.6) is 0 Å². The smallest absolute Gasteiger partial charge is 0.436 e. The number of aromatic nitrogens is 4. The number of likely N-dealkylation sites (tertiary alicyclic amines) is 2. The summed E-state index contributed by atoms with van der Waals surface area (Å²) >= 11 is 0. The Kier molecular flexibility index (Phi) is 12.9. The minimum Gasteiger partial charge on any atom is -0.453 e. The third-order valence-corrected chi connectivity index (χ3v) is 11.9. The molecule has 2 aromatic heterocycles. The first-order valence-electron chi connectivity index (χ1n) is 20.4. The number of hydrogen-bond acceptors (Lipinski definition) is 9. The Morgan fingerprint density at radius 2 is 1.44 bits per heavy atom. The molecule has 1 saturated carbocycles. The van der Waals surface area contributed by atoms with Gasteiger partial charge in [-0.3, -0.25) is 9.59 Å². The maximum absolute atomic E-state index is 14.4. The van der Waals surface area contributed by atoms with E-state index >= 15 is 0 Å². The monoisotopic (exact) mass is 846 g/mol. The van der Waals surface area contributed by atoms with Gasteiger partial charge in [-0.1, -0.05) is 37.0 Å². The van der Waals surface area contributed by atoms with Crippen molar-refractivity contribution in [2.45, 2.75) is 94.7 Å². The second-order valence-corrected chi connectivity index (χ2v) is 15.6. The van der Waals surface area contributed by atoms with Gasteiger partial charge in [-0.25, -0.2) is 19.6 Å². The molecule has 5 unspecified atom stereocenters. The molecule has 4 N–H and O–H groups in total. The zero-order valence-corrected chi connectivity index (χ0v) is 34.4. The molecule has 4 amide bonds. The fourth-order valence-corrected chi connectivity index (χ4v) is 8.67. The van der Waals surface area contributed by atoms with Crippen LogP contribution in [0.4, 0.5) is 22.8 Å². The van der Waals surface area contributed by atoms with Crippen molar-refractivity contribution in [2.24, 2.45) is 5.92 Å². The molecular formula is C43H49F3N8O7. The van der Waals surface area contributed by atoms with Crippen molar-refractivity contribution >= 4 is 34.8 Å². The normalized spacial score (nSPS) is 19.6. The number of ether oxygens (including phenoxy) is 3. The lowest BCUT2D eigenvalue weighted by Gasteiger charge is -2.31. The maximum Gasteiger partial charge on any atom is 0.436 e. The second-order valence-electron chi connectivity index (χ2n) is 15.6. The van der Waals surface area contributed by atoms with Crippen LogP contribution >= 0.6 is 0 Å². The van der Waals surface area contributed by atoms with Crippen LogP contribution in [-0.2, 0) is 30.0 Å². The average molecular weight is 847 g/mol. The van der Waals surface area contributed by atoms with E-state index in [0.29, 0.717) is 43.7 Å². The number of benzene rings is 2. The van der Waals surface area contributed by atoms with E-state index in [2.05, 4.69) is 42.4 Å². The molecule has 1 aliphatic carbocycles. The van der Waals surface area contributed by atoms with Crippen LogP contribution in [0.1, 0.15) is 99.0 Å². The lowest BCUT2D eigenvalue weighted by molar-refractivity contribution is -0.141. The molecule has 2 saturated heterocycles. The molecular weight excluding hydrogens is 798 g/mol. The van der Waals surface area contributed by atoms with Crippen molar-refractivity contribution in [1.82, 2.24) is 40.4 Å². The average Bonchev–Trinajstić information content (AvgIpc) is 4.12. The van der Waals surface area contributed by atoms with Gasteiger partial charge in [-0.15, -0.1) is 0 Å². The summed E-state index contributed by atoms with van der Waals surface area (Å²) in [4.78, 5) is 69.7. The van der Waals surface area contributed by atoms with Crippen LogP contribution in [0.3, 0.4) is 0 Å². The van der Waals surface area contributed by atoms with Crippen molar-refractivity contribution in [3.05, 3.63) is 71.2 Å². The molecule has 0 spiro atoms. The lowest BCUT2D eigenvalue weighted by atomic mass is 9.96. The maximum atomic E-state index is 14.4. The molecule has 4 heterocycles. The number of methoxy groups -OCH3 is 3. The van der Waals surface area contributed by atoms with Crippen molar-refractivity contribution in [2.75, 3.05) is 34.4 Å². The Bertz CT molecular complexity index is 2330. The fourth-order valence-electron chi connectivity index (χ4n) is 8.67. The predicted molar refractivity (Wildman–Crippen MR) is 216 cm³/mol. The van der Waals surface area contributed by atoms with E-state index in [1.54, 1.807) is 30.2 Å². The Labute approximate surface area is 350 Å². The molecule has 5 atom stereocenters. The third-order valence-electron chi connectivity index (χ3n) is 11.9. The van der Waals surface area contributed by atoms with Crippen LogP contribution in [0.15, 0.2) is 42.6 Å². The van der Waals surface area contributed by atoms with Crippen LogP contribution in [0, 0.1) is 17.8 Å². The number of alkyl halides is 3. The quantitative estimate of drug-likeness (QED) is 0.132. The summed E-state index contributed by atoms with van der Waals surface area (Å²) in [5.41, 5.74) is 0.465. The topological polar surface area (TPSA) is 184 Å². The number of carbonyl (C=O) groups excluding carboxylic acids is 4. The summed E-state index contributed by atoms with van der Waals surface area (Å²) < 4.78 is 58.0. The van der Waals surface area contributed by atoms with E-state index in [0.717, 1.165) is 54.1 Å². The first kappa shape index (κ1) is 43.0.